The highest BCUT2D eigenvalue weighted by atomic mass is 127. The maximum absolute atomic E-state index is 5.42. The lowest BCUT2D eigenvalue weighted by atomic mass is 10.1. The maximum Gasteiger partial charge on any atom is 0.0717 e. The van der Waals surface area contributed by atoms with E-state index in [4.69, 9.17) is 4.74 Å². The van der Waals surface area contributed by atoms with Crippen LogP contribution in [0.4, 0.5) is 0 Å². The van der Waals surface area contributed by atoms with Crippen LogP contribution in [0, 0.1) is 0 Å². The van der Waals surface area contributed by atoms with E-state index in [0.717, 1.165) is 13.0 Å². The molecule has 0 fully saturated rings. The highest BCUT2D eigenvalue weighted by Gasteiger charge is 2.06. The van der Waals surface area contributed by atoms with Gasteiger partial charge in [-0.3, -0.25) is 0 Å². The highest BCUT2D eigenvalue weighted by molar-refractivity contribution is 14.1. The molecule has 1 atom stereocenters. The Kier molecular flexibility index (Phi) is 3.42. The molecule has 0 aliphatic carbocycles. The molecule has 0 aromatic carbocycles. The molecule has 1 heterocycles. The summed E-state index contributed by atoms with van der Waals surface area (Å²) in [7, 11) is 0. The molecule has 1 aliphatic heterocycles. The Morgan fingerprint density at radius 3 is 3.10 bits per heavy atom. The predicted octanol–water partition coefficient (Wildman–Crippen LogP) is 2.67. The van der Waals surface area contributed by atoms with Crippen LogP contribution in [0.15, 0.2) is 21.8 Å². The number of hydrogen-bond donors (Lipinski definition) is 0. The Morgan fingerprint density at radius 2 is 2.60 bits per heavy atom. The smallest absolute Gasteiger partial charge is 0.0717 e. The molecule has 1 aliphatic rings. The molecular weight excluding hydrogens is 239 g/mol. The predicted molar refractivity (Wildman–Crippen MR) is 51.3 cm³/mol. The summed E-state index contributed by atoms with van der Waals surface area (Å²) in [6.07, 6.45) is 5.79. The Balaban J connectivity index is 2.48. The molecule has 1 nitrogen and oxygen atoms in total. The van der Waals surface area contributed by atoms with Crippen LogP contribution in [0.25, 0.3) is 0 Å². The first-order chi connectivity index (χ1) is 4.83. The van der Waals surface area contributed by atoms with E-state index >= 15 is 0 Å². The lowest BCUT2D eigenvalue weighted by Gasteiger charge is -2.16. The SMILES string of the molecule is CC1CC=C(C=CI)CO1. The second-order valence-corrected chi connectivity index (χ2v) is 3.15. The zero-order chi connectivity index (χ0) is 7.40. The van der Waals surface area contributed by atoms with Gasteiger partial charge in [0, 0.05) is 0 Å². The van der Waals surface area contributed by atoms with E-state index in [1.165, 1.54) is 5.57 Å². The number of hydrogen-bond acceptors (Lipinski definition) is 1. The minimum atomic E-state index is 0.409. The molecule has 0 N–H and O–H groups in total. The van der Waals surface area contributed by atoms with Gasteiger partial charge >= 0.3 is 0 Å². The summed E-state index contributed by atoms with van der Waals surface area (Å²) < 4.78 is 7.44. The summed E-state index contributed by atoms with van der Waals surface area (Å²) in [5.74, 6) is 0. The molecule has 0 amide bonds. The average Bonchev–Trinajstić information content (AvgIpc) is 1.95. The van der Waals surface area contributed by atoms with E-state index in [-0.39, 0.29) is 0 Å². The standard InChI is InChI=1S/C8H11IO/c1-7-2-3-8(4-5-9)6-10-7/h3-5,7H,2,6H2,1H3. The topological polar surface area (TPSA) is 9.23 Å². The molecule has 0 bridgehead atoms. The molecule has 1 rings (SSSR count). The van der Waals surface area contributed by atoms with Gasteiger partial charge in [0.15, 0.2) is 0 Å². The van der Waals surface area contributed by atoms with Crippen LogP contribution in [0.3, 0.4) is 0 Å². The first-order valence-electron chi connectivity index (χ1n) is 3.40. The van der Waals surface area contributed by atoms with Crippen molar-refractivity contribution >= 4 is 22.6 Å². The molecule has 1 unspecified atom stereocenters. The third kappa shape index (κ3) is 2.42. The van der Waals surface area contributed by atoms with E-state index in [9.17, 15) is 0 Å². The number of rotatable bonds is 1. The first kappa shape index (κ1) is 8.27. The molecule has 2 heteroatoms. The van der Waals surface area contributed by atoms with Crippen molar-refractivity contribution < 1.29 is 4.74 Å². The quantitative estimate of drug-likeness (QED) is 0.650. The minimum absolute atomic E-state index is 0.409. The largest absolute Gasteiger partial charge is 0.374 e. The Bertz CT molecular complexity index is 161. The second kappa shape index (κ2) is 4.13. The van der Waals surface area contributed by atoms with E-state index in [0.29, 0.717) is 6.10 Å². The van der Waals surface area contributed by atoms with E-state index in [2.05, 4.69) is 41.7 Å². The van der Waals surface area contributed by atoms with Crippen LogP contribution in [0.5, 0.6) is 0 Å². The summed E-state index contributed by atoms with van der Waals surface area (Å²) >= 11 is 2.22. The lowest BCUT2D eigenvalue weighted by Crippen LogP contribution is -2.13. The van der Waals surface area contributed by atoms with Crippen LogP contribution in [-0.4, -0.2) is 12.7 Å². The van der Waals surface area contributed by atoms with Gasteiger partial charge in [0.05, 0.1) is 12.7 Å². The second-order valence-electron chi connectivity index (χ2n) is 2.43. The monoisotopic (exact) mass is 250 g/mol. The normalized spacial score (nSPS) is 27.0. The minimum Gasteiger partial charge on any atom is -0.374 e. The van der Waals surface area contributed by atoms with Gasteiger partial charge in [0.25, 0.3) is 0 Å². The number of ether oxygens (including phenoxy) is 1. The summed E-state index contributed by atoms with van der Waals surface area (Å²) in [5, 5.41) is 0. The zero-order valence-corrected chi connectivity index (χ0v) is 8.17. The molecule has 0 spiro atoms. The Labute approximate surface area is 75.3 Å². The van der Waals surface area contributed by atoms with Crippen LogP contribution < -0.4 is 0 Å². The van der Waals surface area contributed by atoms with Crippen molar-refractivity contribution in [3.05, 3.63) is 21.8 Å². The summed E-state index contributed by atoms with van der Waals surface area (Å²) in [5.41, 5.74) is 1.30. The van der Waals surface area contributed by atoms with Gasteiger partial charge in [-0.2, -0.15) is 0 Å². The molecule has 0 saturated carbocycles. The fourth-order valence-corrected chi connectivity index (χ4v) is 1.34. The summed E-state index contributed by atoms with van der Waals surface area (Å²) in [4.78, 5) is 0. The third-order valence-corrected chi connectivity index (χ3v) is 1.88. The van der Waals surface area contributed by atoms with Gasteiger partial charge in [-0.15, -0.1) is 0 Å². The zero-order valence-electron chi connectivity index (χ0n) is 6.01. The molecule has 0 saturated heterocycles. The van der Waals surface area contributed by atoms with Crippen molar-refractivity contribution in [1.82, 2.24) is 0 Å². The van der Waals surface area contributed by atoms with Crippen LogP contribution >= 0.6 is 22.6 Å². The van der Waals surface area contributed by atoms with Crippen molar-refractivity contribution in [3.8, 4) is 0 Å². The average molecular weight is 250 g/mol. The van der Waals surface area contributed by atoms with Crippen molar-refractivity contribution in [2.75, 3.05) is 6.61 Å². The molecule has 0 aromatic heterocycles. The van der Waals surface area contributed by atoms with E-state index in [1.54, 1.807) is 0 Å². The van der Waals surface area contributed by atoms with Crippen molar-refractivity contribution in [2.45, 2.75) is 19.4 Å². The molecule has 0 radical (unpaired) electrons. The highest BCUT2D eigenvalue weighted by Crippen LogP contribution is 2.12. The molecule has 56 valence electrons. The lowest BCUT2D eigenvalue weighted by molar-refractivity contribution is 0.0776. The van der Waals surface area contributed by atoms with Gasteiger partial charge in [-0.05, 0) is 23.0 Å². The number of halogens is 1. The Hall–Kier alpha value is 0.170. The van der Waals surface area contributed by atoms with Crippen LogP contribution in [-0.2, 0) is 4.74 Å². The van der Waals surface area contributed by atoms with Crippen molar-refractivity contribution in [2.24, 2.45) is 0 Å². The summed E-state index contributed by atoms with van der Waals surface area (Å²) in [6, 6.07) is 0. The first-order valence-corrected chi connectivity index (χ1v) is 4.65. The van der Waals surface area contributed by atoms with Crippen LogP contribution in [0.2, 0.25) is 0 Å². The van der Waals surface area contributed by atoms with Crippen molar-refractivity contribution in [1.29, 1.82) is 0 Å². The Morgan fingerprint density at radius 1 is 1.80 bits per heavy atom. The van der Waals surface area contributed by atoms with Gasteiger partial charge in [-0.1, -0.05) is 34.7 Å². The van der Waals surface area contributed by atoms with E-state index < -0.39 is 0 Å². The van der Waals surface area contributed by atoms with E-state index in [1.807, 2.05) is 4.08 Å². The van der Waals surface area contributed by atoms with Gasteiger partial charge in [-0.25, -0.2) is 0 Å². The fraction of sp³-hybridized carbons (Fsp3) is 0.500. The fourth-order valence-electron chi connectivity index (χ4n) is 0.880. The maximum atomic E-state index is 5.42. The molecule has 0 aromatic rings. The van der Waals surface area contributed by atoms with Crippen LogP contribution in [0.1, 0.15) is 13.3 Å². The molecular formula is C8H11IO. The summed E-state index contributed by atoms with van der Waals surface area (Å²) in [6.45, 7) is 2.88. The third-order valence-electron chi connectivity index (χ3n) is 1.52. The molecule has 10 heavy (non-hydrogen) atoms. The van der Waals surface area contributed by atoms with Gasteiger partial charge in [0.1, 0.15) is 0 Å². The van der Waals surface area contributed by atoms with Gasteiger partial charge in [0.2, 0.25) is 0 Å². The van der Waals surface area contributed by atoms with Gasteiger partial charge < -0.3 is 4.74 Å². The van der Waals surface area contributed by atoms with Crippen molar-refractivity contribution in [3.63, 3.8) is 0 Å².